The van der Waals surface area contributed by atoms with Crippen LogP contribution < -0.4 is 5.32 Å². The number of benzene rings is 1. The lowest BCUT2D eigenvalue weighted by molar-refractivity contribution is 0.637. The van der Waals surface area contributed by atoms with E-state index in [0.717, 1.165) is 28.6 Å². The lowest BCUT2D eigenvalue weighted by atomic mass is 10.3. The summed E-state index contributed by atoms with van der Waals surface area (Å²) >= 11 is 7.46. The largest absolute Gasteiger partial charge is 0.301 e. The zero-order valence-electron chi connectivity index (χ0n) is 9.24. The van der Waals surface area contributed by atoms with Gasteiger partial charge in [0.15, 0.2) is 0 Å². The molecule has 0 aliphatic carbocycles. The van der Waals surface area contributed by atoms with Crippen LogP contribution >= 0.6 is 23.4 Å². The number of hydrogen-bond acceptors (Lipinski definition) is 3. The van der Waals surface area contributed by atoms with Gasteiger partial charge in [-0.3, -0.25) is 0 Å². The molecule has 0 aliphatic rings. The van der Waals surface area contributed by atoms with Crippen molar-refractivity contribution in [1.29, 1.82) is 5.26 Å². The third-order valence-corrected chi connectivity index (χ3v) is 3.38. The van der Waals surface area contributed by atoms with Crippen molar-refractivity contribution < 1.29 is 0 Å². The second-order valence-electron chi connectivity index (χ2n) is 3.40. The van der Waals surface area contributed by atoms with Crippen molar-refractivity contribution in [3.63, 3.8) is 0 Å². The van der Waals surface area contributed by atoms with Gasteiger partial charge in [0.05, 0.1) is 6.07 Å². The van der Waals surface area contributed by atoms with E-state index in [1.807, 2.05) is 24.3 Å². The molecule has 0 aliphatic heterocycles. The molecule has 0 saturated carbocycles. The fourth-order valence-electron chi connectivity index (χ4n) is 1.17. The molecule has 0 spiro atoms. The summed E-state index contributed by atoms with van der Waals surface area (Å²) in [5.41, 5.74) is 0. The fourth-order valence-corrected chi connectivity index (χ4v) is 2.18. The maximum Gasteiger partial charge on any atom is 0.105 e. The molecular formula is C12H15ClN2S. The Hall–Kier alpha value is -0.690. The molecule has 0 bridgehead atoms. The van der Waals surface area contributed by atoms with Crippen molar-refractivity contribution >= 4 is 23.4 Å². The maximum atomic E-state index is 8.93. The highest BCUT2D eigenvalue weighted by Gasteiger charge is 2.06. The smallest absolute Gasteiger partial charge is 0.105 e. The van der Waals surface area contributed by atoms with Gasteiger partial charge in [-0.15, -0.1) is 11.8 Å². The van der Waals surface area contributed by atoms with Crippen molar-refractivity contribution in [2.24, 2.45) is 0 Å². The van der Waals surface area contributed by atoms with Gasteiger partial charge in [-0.1, -0.05) is 18.5 Å². The highest BCUT2D eigenvalue weighted by molar-refractivity contribution is 7.99. The van der Waals surface area contributed by atoms with Crippen LogP contribution in [0.2, 0.25) is 5.02 Å². The predicted molar refractivity (Wildman–Crippen MR) is 69.9 cm³/mol. The van der Waals surface area contributed by atoms with Crippen molar-refractivity contribution in [3.8, 4) is 6.07 Å². The van der Waals surface area contributed by atoms with Crippen LogP contribution in [0.3, 0.4) is 0 Å². The van der Waals surface area contributed by atoms with Gasteiger partial charge in [-0.2, -0.15) is 5.26 Å². The normalized spacial score (nSPS) is 12.1. The molecule has 1 atom stereocenters. The number of halogens is 1. The van der Waals surface area contributed by atoms with Gasteiger partial charge in [-0.05, 0) is 37.2 Å². The van der Waals surface area contributed by atoms with Crippen LogP contribution in [0.25, 0.3) is 0 Å². The molecule has 1 aromatic carbocycles. The van der Waals surface area contributed by atoms with Gasteiger partial charge in [0, 0.05) is 15.7 Å². The van der Waals surface area contributed by atoms with E-state index in [2.05, 4.69) is 18.3 Å². The van der Waals surface area contributed by atoms with E-state index in [9.17, 15) is 0 Å². The molecule has 1 aromatic rings. The van der Waals surface area contributed by atoms with E-state index >= 15 is 0 Å². The molecule has 4 heteroatoms. The first-order valence-corrected chi connectivity index (χ1v) is 6.64. The SMILES string of the molecule is CCCNC(C#N)CSc1ccc(Cl)cc1. The highest BCUT2D eigenvalue weighted by atomic mass is 35.5. The van der Waals surface area contributed by atoms with Gasteiger partial charge >= 0.3 is 0 Å². The monoisotopic (exact) mass is 254 g/mol. The van der Waals surface area contributed by atoms with E-state index in [-0.39, 0.29) is 6.04 Å². The molecule has 0 aromatic heterocycles. The summed E-state index contributed by atoms with van der Waals surface area (Å²) in [5.74, 6) is 0.762. The Labute approximate surface area is 106 Å². The van der Waals surface area contributed by atoms with Crippen LogP contribution in [0, 0.1) is 11.3 Å². The average molecular weight is 255 g/mol. The Morgan fingerprint density at radius 1 is 1.44 bits per heavy atom. The molecule has 0 heterocycles. The zero-order chi connectivity index (χ0) is 11.8. The molecule has 0 amide bonds. The summed E-state index contributed by atoms with van der Waals surface area (Å²) in [6, 6.07) is 9.86. The second-order valence-corrected chi connectivity index (χ2v) is 4.93. The van der Waals surface area contributed by atoms with Crippen molar-refractivity contribution in [3.05, 3.63) is 29.3 Å². The minimum Gasteiger partial charge on any atom is -0.301 e. The van der Waals surface area contributed by atoms with E-state index in [0.29, 0.717) is 0 Å². The number of nitrogens with zero attached hydrogens (tertiary/aromatic N) is 1. The summed E-state index contributed by atoms with van der Waals surface area (Å²) in [6.07, 6.45) is 1.05. The topological polar surface area (TPSA) is 35.8 Å². The standard InChI is InChI=1S/C12H15ClN2S/c1-2-7-15-11(8-14)9-16-12-5-3-10(13)4-6-12/h3-6,11,15H,2,7,9H2,1H3. The third kappa shape index (κ3) is 4.89. The van der Waals surface area contributed by atoms with E-state index in [4.69, 9.17) is 16.9 Å². The van der Waals surface area contributed by atoms with Crippen molar-refractivity contribution in [2.75, 3.05) is 12.3 Å². The molecule has 1 rings (SSSR count). The Bertz CT molecular complexity index is 345. The predicted octanol–water partition coefficient (Wildman–Crippen LogP) is 3.32. The van der Waals surface area contributed by atoms with Crippen LogP contribution in [-0.4, -0.2) is 18.3 Å². The third-order valence-electron chi connectivity index (χ3n) is 2.03. The molecule has 16 heavy (non-hydrogen) atoms. The number of nitriles is 1. The van der Waals surface area contributed by atoms with Crippen LogP contribution in [0.4, 0.5) is 0 Å². The first-order chi connectivity index (χ1) is 7.76. The van der Waals surface area contributed by atoms with E-state index < -0.39 is 0 Å². The van der Waals surface area contributed by atoms with Gasteiger partial charge < -0.3 is 5.32 Å². The highest BCUT2D eigenvalue weighted by Crippen LogP contribution is 2.20. The maximum absolute atomic E-state index is 8.93. The first-order valence-electron chi connectivity index (χ1n) is 5.27. The Morgan fingerprint density at radius 3 is 2.69 bits per heavy atom. The molecule has 0 saturated heterocycles. The number of nitrogens with one attached hydrogen (secondary N) is 1. The van der Waals surface area contributed by atoms with Crippen LogP contribution in [0.15, 0.2) is 29.2 Å². The lowest BCUT2D eigenvalue weighted by Crippen LogP contribution is -2.30. The number of thioether (sulfide) groups is 1. The van der Waals surface area contributed by atoms with Gasteiger partial charge in [0.2, 0.25) is 0 Å². The van der Waals surface area contributed by atoms with Crippen LogP contribution in [0.5, 0.6) is 0 Å². The van der Waals surface area contributed by atoms with E-state index in [1.54, 1.807) is 11.8 Å². The van der Waals surface area contributed by atoms with Crippen molar-refractivity contribution in [1.82, 2.24) is 5.32 Å². The minimum atomic E-state index is -0.0828. The van der Waals surface area contributed by atoms with Gasteiger partial charge in [0.25, 0.3) is 0 Å². The molecule has 1 N–H and O–H groups in total. The first kappa shape index (κ1) is 13.4. The molecular weight excluding hydrogens is 240 g/mol. The Balaban J connectivity index is 2.38. The lowest BCUT2D eigenvalue weighted by Gasteiger charge is -2.09. The average Bonchev–Trinajstić information content (AvgIpc) is 2.32. The molecule has 86 valence electrons. The quantitative estimate of drug-likeness (QED) is 0.791. The summed E-state index contributed by atoms with van der Waals surface area (Å²) in [6.45, 7) is 2.98. The van der Waals surface area contributed by atoms with Crippen LogP contribution in [-0.2, 0) is 0 Å². The Kier molecular flexibility index (Phi) is 6.32. The molecule has 0 radical (unpaired) electrons. The van der Waals surface area contributed by atoms with E-state index in [1.165, 1.54) is 0 Å². The summed E-state index contributed by atoms with van der Waals surface area (Å²) in [4.78, 5) is 1.14. The molecule has 1 unspecified atom stereocenters. The second kappa shape index (κ2) is 7.56. The summed E-state index contributed by atoms with van der Waals surface area (Å²) in [7, 11) is 0. The summed E-state index contributed by atoms with van der Waals surface area (Å²) in [5, 5.41) is 12.9. The minimum absolute atomic E-state index is 0.0828. The van der Waals surface area contributed by atoms with Crippen LogP contribution in [0.1, 0.15) is 13.3 Å². The number of hydrogen-bond donors (Lipinski definition) is 1. The fraction of sp³-hybridized carbons (Fsp3) is 0.417. The zero-order valence-corrected chi connectivity index (χ0v) is 10.8. The number of rotatable bonds is 6. The molecule has 2 nitrogen and oxygen atoms in total. The molecule has 0 fully saturated rings. The van der Waals surface area contributed by atoms with Crippen molar-refractivity contribution in [2.45, 2.75) is 24.3 Å². The van der Waals surface area contributed by atoms with Gasteiger partial charge in [-0.25, -0.2) is 0 Å². The Morgan fingerprint density at radius 2 is 2.12 bits per heavy atom. The van der Waals surface area contributed by atoms with Gasteiger partial charge in [0.1, 0.15) is 6.04 Å². The summed E-state index contributed by atoms with van der Waals surface area (Å²) < 4.78 is 0.